The lowest BCUT2D eigenvalue weighted by Crippen LogP contribution is -2.42. The number of piperidine rings is 1. The molecule has 1 aliphatic heterocycles. The zero-order valence-electron chi connectivity index (χ0n) is 10.6. The quantitative estimate of drug-likeness (QED) is 0.879. The Hall–Kier alpha value is -1.46. The second-order valence-corrected chi connectivity index (χ2v) is 5.50. The maximum absolute atomic E-state index is 12.1. The van der Waals surface area contributed by atoms with Gasteiger partial charge in [-0.3, -0.25) is 4.79 Å². The van der Waals surface area contributed by atoms with Gasteiger partial charge in [0.1, 0.15) is 0 Å². The van der Waals surface area contributed by atoms with Crippen LogP contribution < -0.4 is 5.32 Å². The maximum Gasteiger partial charge on any atom is 0.321 e. The largest absolute Gasteiger partial charge is 0.481 e. The van der Waals surface area contributed by atoms with Crippen molar-refractivity contribution in [3.63, 3.8) is 0 Å². The molecule has 1 saturated heterocycles. The summed E-state index contributed by atoms with van der Waals surface area (Å²) in [5.74, 6) is -1.17. The number of carbonyl (C=O) groups is 2. The van der Waals surface area contributed by atoms with E-state index in [0.29, 0.717) is 41.7 Å². The van der Waals surface area contributed by atoms with Crippen molar-refractivity contribution < 1.29 is 14.7 Å². The molecule has 7 heteroatoms. The number of halogens is 2. The van der Waals surface area contributed by atoms with E-state index in [-0.39, 0.29) is 11.9 Å². The van der Waals surface area contributed by atoms with E-state index in [1.807, 2.05) is 0 Å². The van der Waals surface area contributed by atoms with Gasteiger partial charge in [-0.25, -0.2) is 4.79 Å². The minimum atomic E-state index is -0.803. The van der Waals surface area contributed by atoms with Crippen LogP contribution in [0.2, 0.25) is 10.0 Å². The maximum atomic E-state index is 12.1. The van der Waals surface area contributed by atoms with Gasteiger partial charge in [0.05, 0.1) is 16.6 Å². The topological polar surface area (TPSA) is 69.6 Å². The Bertz CT molecular complexity index is 528. The number of anilines is 1. The molecule has 1 aromatic rings. The van der Waals surface area contributed by atoms with E-state index in [1.54, 1.807) is 23.1 Å². The van der Waals surface area contributed by atoms with E-state index in [1.165, 1.54) is 0 Å². The van der Waals surface area contributed by atoms with E-state index in [0.717, 1.165) is 0 Å². The number of hydrogen-bond donors (Lipinski definition) is 2. The van der Waals surface area contributed by atoms with Crippen molar-refractivity contribution in [2.75, 3.05) is 18.4 Å². The summed E-state index contributed by atoms with van der Waals surface area (Å²) in [4.78, 5) is 24.5. The van der Waals surface area contributed by atoms with E-state index < -0.39 is 5.97 Å². The fourth-order valence-corrected chi connectivity index (χ4v) is 2.45. The number of rotatable bonds is 2. The number of benzene rings is 1. The third-order valence-electron chi connectivity index (χ3n) is 3.30. The number of carboxylic acids is 1. The van der Waals surface area contributed by atoms with Crippen molar-refractivity contribution in [2.24, 2.45) is 5.92 Å². The molecule has 108 valence electrons. The highest BCUT2D eigenvalue weighted by atomic mass is 35.5. The van der Waals surface area contributed by atoms with Crippen molar-refractivity contribution >= 4 is 40.9 Å². The highest BCUT2D eigenvalue weighted by molar-refractivity contribution is 6.35. The predicted molar refractivity (Wildman–Crippen MR) is 77.4 cm³/mol. The second-order valence-electron chi connectivity index (χ2n) is 4.65. The summed E-state index contributed by atoms with van der Waals surface area (Å²) in [6.07, 6.45) is 0.929. The van der Waals surface area contributed by atoms with Gasteiger partial charge in [0.2, 0.25) is 0 Å². The third kappa shape index (κ3) is 3.55. The summed E-state index contributed by atoms with van der Waals surface area (Å²) >= 11 is 11.8. The molecular formula is C13H14Cl2N2O3. The van der Waals surface area contributed by atoms with Gasteiger partial charge in [0.25, 0.3) is 0 Å². The average Bonchev–Trinajstić information content (AvgIpc) is 2.43. The fourth-order valence-electron chi connectivity index (χ4n) is 2.12. The number of hydrogen-bond acceptors (Lipinski definition) is 2. The lowest BCUT2D eigenvalue weighted by molar-refractivity contribution is -0.143. The number of aliphatic carboxylic acids is 1. The number of nitrogens with one attached hydrogen (secondary N) is 1. The van der Waals surface area contributed by atoms with Crippen molar-refractivity contribution in [3.05, 3.63) is 28.2 Å². The van der Waals surface area contributed by atoms with E-state index in [4.69, 9.17) is 28.3 Å². The van der Waals surface area contributed by atoms with Crippen LogP contribution in [0.5, 0.6) is 0 Å². The van der Waals surface area contributed by atoms with Crippen LogP contribution in [-0.2, 0) is 4.79 Å². The standard InChI is InChI=1S/C13H14Cl2N2O3/c14-9-1-2-10(15)11(7-9)16-13(20)17-5-3-8(4-6-17)12(18)19/h1-2,7-8H,3-6H2,(H,16,20)(H,18,19). The van der Waals surface area contributed by atoms with Crippen LogP contribution in [0.15, 0.2) is 18.2 Å². The number of carbonyl (C=O) groups excluding carboxylic acids is 1. The van der Waals surface area contributed by atoms with Gasteiger partial charge in [-0.1, -0.05) is 23.2 Å². The summed E-state index contributed by atoms with van der Waals surface area (Å²) < 4.78 is 0. The first-order chi connectivity index (χ1) is 9.47. The SMILES string of the molecule is O=C(O)C1CCN(C(=O)Nc2cc(Cl)ccc2Cl)CC1. The summed E-state index contributed by atoms with van der Waals surface area (Å²) in [6, 6.07) is 4.53. The first kappa shape index (κ1) is 14.9. The number of likely N-dealkylation sites (tertiary alicyclic amines) is 1. The van der Waals surface area contributed by atoms with Crippen LogP contribution in [0, 0.1) is 5.92 Å². The van der Waals surface area contributed by atoms with Crippen LogP contribution in [0.3, 0.4) is 0 Å². The highest BCUT2D eigenvalue weighted by Gasteiger charge is 2.27. The van der Waals surface area contributed by atoms with Crippen LogP contribution in [0.4, 0.5) is 10.5 Å². The molecule has 0 aliphatic carbocycles. The number of urea groups is 1. The molecule has 20 heavy (non-hydrogen) atoms. The van der Waals surface area contributed by atoms with Gasteiger partial charge in [0.15, 0.2) is 0 Å². The first-order valence-corrected chi connectivity index (χ1v) is 6.97. The van der Waals surface area contributed by atoms with Crippen LogP contribution >= 0.6 is 23.2 Å². The van der Waals surface area contributed by atoms with Gasteiger partial charge >= 0.3 is 12.0 Å². The average molecular weight is 317 g/mol. The zero-order chi connectivity index (χ0) is 14.7. The van der Waals surface area contributed by atoms with Crippen molar-refractivity contribution in [3.8, 4) is 0 Å². The molecule has 1 aliphatic rings. The lowest BCUT2D eigenvalue weighted by atomic mass is 9.97. The highest BCUT2D eigenvalue weighted by Crippen LogP contribution is 2.26. The second kappa shape index (κ2) is 6.33. The minimum Gasteiger partial charge on any atom is -0.481 e. The molecule has 1 fully saturated rings. The lowest BCUT2D eigenvalue weighted by Gasteiger charge is -2.30. The monoisotopic (exact) mass is 316 g/mol. The Kier molecular flexibility index (Phi) is 4.73. The molecule has 0 aromatic heterocycles. The van der Waals surface area contributed by atoms with Crippen LogP contribution in [0.1, 0.15) is 12.8 Å². The van der Waals surface area contributed by atoms with Gasteiger partial charge in [-0.05, 0) is 31.0 Å². The molecule has 2 N–H and O–H groups in total. The Balaban J connectivity index is 1.96. The van der Waals surface area contributed by atoms with Crippen molar-refractivity contribution in [1.82, 2.24) is 4.90 Å². The summed E-state index contributed by atoms with van der Waals surface area (Å²) in [5, 5.41) is 12.5. The van der Waals surface area contributed by atoms with Gasteiger partial charge in [0, 0.05) is 18.1 Å². The molecule has 0 spiro atoms. The summed E-state index contributed by atoms with van der Waals surface area (Å²) in [7, 11) is 0. The van der Waals surface area contributed by atoms with Crippen molar-refractivity contribution in [2.45, 2.75) is 12.8 Å². The Morgan fingerprint density at radius 2 is 1.90 bits per heavy atom. The smallest absolute Gasteiger partial charge is 0.321 e. The van der Waals surface area contributed by atoms with Crippen LogP contribution in [0.25, 0.3) is 0 Å². The molecule has 2 rings (SSSR count). The molecule has 0 saturated carbocycles. The Morgan fingerprint density at radius 3 is 2.50 bits per heavy atom. The molecule has 1 aromatic carbocycles. The molecular weight excluding hydrogens is 303 g/mol. The summed E-state index contributed by atoms with van der Waals surface area (Å²) in [6.45, 7) is 0.835. The van der Waals surface area contributed by atoms with E-state index >= 15 is 0 Å². The zero-order valence-corrected chi connectivity index (χ0v) is 12.1. The molecule has 5 nitrogen and oxygen atoms in total. The fraction of sp³-hybridized carbons (Fsp3) is 0.385. The van der Waals surface area contributed by atoms with E-state index in [9.17, 15) is 9.59 Å². The van der Waals surface area contributed by atoms with Gasteiger partial charge in [-0.2, -0.15) is 0 Å². The Morgan fingerprint density at radius 1 is 1.25 bits per heavy atom. The minimum absolute atomic E-state index is 0.294. The number of carboxylic acid groups (broad SMARTS) is 1. The van der Waals surface area contributed by atoms with Gasteiger partial charge < -0.3 is 15.3 Å². The molecule has 2 amide bonds. The predicted octanol–water partition coefficient (Wildman–Crippen LogP) is 3.32. The molecule has 0 unspecified atom stereocenters. The van der Waals surface area contributed by atoms with Gasteiger partial charge in [-0.15, -0.1) is 0 Å². The normalized spacial score (nSPS) is 16.0. The third-order valence-corrected chi connectivity index (χ3v) is 3.87. The number of nitrogens with zero attached hydrogens (tertiary/aromatic N) is 1. The van der Waals surface area contributed by atoms with Crippen LogP contribution in [-0.4, -0.2) is 35.1 Å². The Labute approximate surface area is 126 Å². The summed E-state index contributed by atoms with van der Waals surface area (Å²) in [5.41, 5.74) is 0.449. The molecule has 1 heterocycles. The molecule has 0 atom stereocenters. The molecule has 0 bridgehead atoms. The molecule has 0 radical (unpaired) electrons. The van der Waals surface area contributed by atoms with E-state index in [2.05, 4.69) is 5.32 Å². The number of amides is 2. The first-order valence-electron chi connectivity index (χ1n) is 6.21. The van der Waals surface area contributed by atoms with Crippen molar-refractivity contribution in [1.29, 1.82) is 0 Å².